The molecule has 2 rings (SSSR count). The van der Waals surface area contributed by atoms with Crippen LogP contribution in [0.4, 0.5) is 0 Å². The summed E-state index contributed by atoms with van der Waals surface area (Å²) < 4.78 is 7.34. The predicted octanol–water partition coefficient (Wildman–Crippen LogP) is 2.95. The van der Waals surface area contributed by atoms with E-state index in [2.05, 4.69) is 25.9 Å². The van der Waals surface area contributed by atoms with Crippen molar-refractivity contribution in [1.82, 2.24) is 9.78 Å². The highest BCUT2D eigenvalue weighted by Crippen LogP contribution is 2.45. The van der Waals surface area contributed by atoms with Crippen LogP contribution >= 0.6 is 0 Å². The summed E-state index contributed by atoms with van der Waals surface area (Å²) >= 11 is 0. The molecular weight excluding hydrogens is 240 g/mol. The zero-order chi connectivity index (χ0) is 14.0. The second-order valence-electron chi connectivity index (χ2n) is 6.17. The molecule has 1 aliphatic rings. The van der Waals surface area contributed by atoms with Gasteiger partial charge in [-0.1, -0.05) is 20.8 Å². The first-order valence-electron chi connectivity index (χ1n) is 7.32. The molecule has 1 aliphatic carbocycles. The van der Waals surface area contributed by atoms with Crippen molar-refractivity contribution in [3.05, 3.63) is 11.9 Å². The van der Waals surface area contributed by atoms with E-state index in [1.807, 2.05) is 4.68 Å². The number of aryl methyl sites for hydroxylation is 1. The van der Waals surface area contributed by atoms with Gasteiger partial charge in [0.2, 0.25) is 0 Å². The number of aliphatic hydroxyl groups is 1. The fraction of sp³-hybridized carbons (Fsp3) is 0.800. The Morgan fingerprint density at radius 2 is 2.05 bits per heavy atom. The third-order valence-corrected chi connectivity index (χ3v) is 4.08. The van der Waals surface area contributed by atoms with Crippen molar-refractivity contribution >= 4 is 0 Å². The molecule has 1 aromatic heterocycles. The Morgan fingerprint density at radius 3 is 2.58 bits per heavy atom. The predicted molar refractivity (Wildman–Crippen MR) is 75.1 cm³/mol. The van der Waals surface area contributed by atoms with Gasteiger partial charge >= 0.3 is 0 Å². The van der Waals surface area contributed by atoms with Gasteiger partial charge in [-0.2, -0.15) is 5.10 Å². The highest BCUT2D eigenvalue weighted by Gasteiger charge is 2.42. The van der Waals surface area contributed by atoms with Crippen molar-refractivity contribution in [3.8, 4) is 5.75 Å². The molecule has 1 aromatic rings. The lowest BCUT2D eigenvalue weighted by molar-refractivity contribution is -0.0447. The van der Waals surface area contributed by atoms with Crippen LogP contribution in [0.5, 0.6) is 5.75 Å². The number of rotatable bonds is 4. The number of nitrogens with zero attached hydrogens (tertiary/aromatic N) is 2. The largest absolute Gasteiger partial charge is 0.493 e. The van der Waals surface area contributed by atoms with Gasteiger partial charge in [0.25, 0.3) is 0 Å². The number of aromatic nitrogens is 2. The van der Waals surface area contributed by atoms with Gasteiger partial charge in [-0.15, -0.1) is 0 Å². The summed E-state index contributed by atoms with van der Waals surface area (Å²) in [5, 5.41) is 15.5. The zero-order valence-electron chi connectivity index (χ0n) is 12.5. The molecule has 4 nitrogen and oxygen atoms in total. The van der Waals surface area contributed by atoms with Crippen LogP contribution in [0.3, 0.4) is 0 Å². The van der Waals surface area contributed by atoms with E-state index in [9.17, 15) is 5.11 Å². The lowest BCUT2D eigenvalue weighted by atomic mass is 9.72. The maximum Gasteiger partial charge on any atom is 0.162 e. The van der Waals surface area contributed by atoms with Gasteiger partial charge in [-0.25, -0.2) is 0 Å². The highest BCUT2D eigenvalue weighted by molar-refractivity contribution is 5.31. The van der Waals surface area contributed by atoms with E-state index in [-0.39, 0.29) is 0 Å². The Bertz CT molecular complexity index is 418. The van der Waals surface area contributed by atoms with Crippen molar-refractivity contribution in [1.29, 1.82) is 0 Å². The standard InChI is InChI=1S/C15H26N2O2/c1-5-6-17-14(13(19-4)10-16-17)15(18)8-11(2)7-12(3)9-15/h10-12,18H,5-9H2,1-4H3. The molecule has 0 aliphatic heterocycles. The minimum absolute atomic E-state index is 0.531. The van der Waals surface area contributed by atoms with Crippen LogP contribution < -0.4 is 4.74 Å². The molecule has 4 heteroatoms. The topological polar surface area (TPSA) is 47.3 Å². The van der Waals surface area contributed by atoms with Crippen LogP contribution in [0, 0.1) is 11.8 Å². The maximum atomic E-state index is 11.2. The first kappa shape index (κ1) is 14.4. The van der Waals surface area contributed by atoms with Crippen molar-refractivity contribution < 1.29 is 9.84 Å². The molecule has 2 unspecified atom stereocenters. The molecule has 0 aromatic carbocycles. The molecule has 2 atom stereocenters. The van der Waals surface area contributed by atoms with Crippen molar-refractivity contribution in [2.24, 2.45) is 11.8 Å². The number of hydrogen-bond acceptors (Lipinski definition) is 3. The van der Waals surface area contributed by atoms with E-state index in [1.165, 1.54) is 6.42 Å². The first-order valence-corrected chi connectivity index (χ1v) is 7.32. The summed E-state index contributed by atoms with van der Waals surface area (Å²) in [6.45, 7) is 7.37. The normalized spacial score (nSPS) is 31.4. The quantitative estimate of drug-likeness (QED) is 0.911. The Hall–Kier alpha value is -1.03. The highest BCUT2D eigenvalue weighted by atomic mass is 16.5. The van der Waals surface area contributed by atoms with Gasteiger partial charge in [0, 0.05) is 6.54 Å². The SMILES string of the molecule is CCCn1ncc(OC)c1C1(O)CC(C)CC(C)C1. The van der Waals surface area contributed by atoms with E-state index in [0.29, 0.717) is 11.8 Å². The van der Waals surface area contributed by atoms with Gasteiger partial charge in [0.1, 0.15) is 11.3 Å². The number of methoxy groups -OCH3 is 1. The second kappa shape index (κ2) is 5.53. The Labute approximate surface area is 115 Å². The van der Waals surface area contributed by atoms with Crippen molar-refractivity contribution in [2.75, 3.05) is 7.11 Å². The average Bonchev–Trinajstić information content (AvgIpc) is 2.71. The van der Waals surface area contributed by atoms with Crippen LogP contribution in [0.2, 0.25) is 0 Å². The van der Waals surface area contributed by atoms with E-state index in [0.717, 1.165) is 37.3 Å². The van der Waals surface area contributed by atoms with Gasteiger partial charge in [-0.05, 0) is 37.5 Å². The van der Waals surface area contributed by atoms with E-state index in [1.54, 1.807) is 13.3 Å². The Balaban J connectivity index is 2.40. The van der Waals surface area contributed by atoms with Crippen LogP contribution in [0.15, 0.2) is 6.20 Å². The Kier molecular flexibility index (Phi) is 4.19. The molecule has 1 fully saturated rings. The van der Waals surface area contributed by atoms with E-state index in [4.69, 9.17) is 4.74 Å². The summed E-state index contributed by atoms with van der Waals surface area (Å²) in [5.41, 5.74) is 0.0731. The Morgan fingerprint density at radius 1 is 1.42 bits per heavy atom. The molecular formula is C15H26N2O2. The lowest BCUT2D eigenvalue weighted by Gasteiger charge is -2.39. The third-order valence-electron chi connectivity index (χ3n) is 4.08. The summed E-state index contributed by atoms with van der Waals surface area (Å²) in [6, 6.07) is 0. The minimum Gasteiger partial charge on any atom is -0.493 e. The molecule has 0 saturated heterocycles. The monoisotopic (exact) mass is 266 g/mol. The van der Waals surface area contributed by atoms with Gasteiger partial charge in [-0.3, -0.25) is 4.68 Å². The summed E-state index contributed by atoms with van der Waals surface area (Å²) in [7, 11) is 1.65. The number of hydrogen-bond donors (Lipinski definition) is 1. The summed E-state index contributed by atoms with van der Waals surface area (Å²) in [6.07, 6.45) is 5.50. The maximum absolute atomic E-state index is 11.2. The molecule has 0 amide bonds. The summed E-state index contributed by atoms with van der Waals surface area (Å²) in [5.74, 6) is 1.78. The molecule has 19 heavy (non-hydrogen) atoms. The average molecular weight is 266 g/mol. The molecule has 1 heterocycles. The van der Waals surface area contributed by atoms with E-state index >= 15 is 0 Å². The zero-order valence-corrected chi connectivity index (χ0v) is 12.5. The first-order chi connectivity index (χ1) is 9.00. The molecule has 1 N–H and O–H groups in total. The van der Waals surface area contributed by atoms with Gasteiger partial charge in [0.05, 0.1) is 13.3 Å². The smallest absolute Gasteiger partial charge is 0.162 e. The molecule has 0 bridgehead atoms. The van der Waals surface area contributed by atoms with Crippen LogP contribution in [-0.4, -0.2) is 22.0 Å². The molecule has 0 radical (unpaired) electrons. The molecule has 108 valence electrons. The van der Waals surface area contributed by atoms with Crippen LogP contribution in [0.25, 0.3) is 0 Å². The summed E-state index contributed by atoms with van der Waals surface area (Å²) in [4.78, 5) is 0. The van der Waals surface area contributed by atoms with E-state index < -0.39 is 5.60 Å². The fourth-order valence-corrected chi connectivity index (χ4v) is 3.65. The van der Waals surface area contributed by atoms with Gasteiger partial charge in [0.15, 0.2) is 5.75 Å². The van der Waals surface area contributed by atoms with Crippen molar-refractivity contribution in [2.45, 2.75) is 58.6 Å². The van der Waals surface area contributed by atoms with Crippen LogP contribution in [-0.2, 0) is 12.1 Å². The number of ether oxygens (including phenoxy) is 1. The second-order valence-corrected chi connectivity index (χ2v) is 6.17. The lowest BCUT2D eigenvalue weighted by Crippen LogP contribution is -2.37. The molecule has 1 saturated carbocycles. The molecule has 0 spiro atoms. The van der Waals surface area contributed by atoms with Crippen molar-refractivity contribution in [3.63, 3.8) is 0 Å². The minimum atomic E-state index is -0.798. The van der Waals surface area contributed by atoms with Gasteiger partial charge < -0.3 is 9.84 Å². The third kappa shape index (κ3) is 2.78. The van der Waals surface area contributed by atoms with Crippen LogP contribution in [0.1, 0.15) is 52.1 Å². The fourth-order valence-electron chi connectivity index (χ4n) is 3.65.